The lowest BCUT2D eigenvalue weighted by molar-refractivity contribution is -0.137. The third-order valence-electron chi connectivity index (χ3n) is 6.04. The number of nitrogens with zero attached hydrogens (tertiary/aromatic N) is 3. The molecule has 6 nitrogen and oxygen atoms in total. The van der Waals surface area contributed by atoms with E-state index in [4.69, 9.17) is 27.9 Å². The smallest absolute Gasteiger partial charge is 0.416 e. The van der Waals surface area contributed by atoms with Crippen LogP contribution in [0.25, 0.3) is 10.9 Å². The number of benzene rings is 2. The zero-order valence-corrected chi connectivity index (χ0v) is 21.8. The fourth-order valence-electron chi connectivity index (χ4n) is 4.46. The summed E-state index contributed by atoms with van der Waals surface area (Å²) in [5.41, 5.74) is 1.79. The van der Waals surface area contributed by atoms with Crippen molar-refractivity contribution in [3.8, 4) is 5.75 Å². The van der Waals surface area contributed by atoms with Crippen molar-refractivity contribution in [2.45, 2.75) is 25.4 Å². The fraction of sp³-hybridized carbons (Fsp3) is 0.308. The number of aliphatic hydroxyl groups excluding tert-OH is 1. The molecule has 0 aliphatic heterocycles. The number of hydrogen-bond donors (Lipinski definition) is 2. The molecule has 0 bridgehead atoms. The van der Waals surface area contributed by atoms with Crippen molar-refractivity contribution in [1.82, 2.24) is 15.2 Å². The molecule has 0 amide bonds. The van der Waals surface area contributed by atoms with Crippen LogP contribution in [0.15, 0.2) is 42.6 Å². The van der Waals surface area contributed by atoms with E-state index in [1.165, 1.54) is 0 Å². The molecule has 1 unspecified atom stereocenters. The van der Waals surface area contributed by atoms with Crippen LogP contribution in [0.4, 0.5) is 19.0 Å². The number of aromatic amines is 1. The molecule has 4 aromatic rings. The fourth-order valence-corrected chi connectivity index (χ4v) is 5.16. The van der Waals surface area contributed by atoms with Gasteiger partial charge in [-0.3, -0.25) is 10.1 Å². The van der Waals surface area contributed by atoms with Crippen LogP contribution >= 0.6 is 23.2 Å². The normalized spacial score (nSPS) is 12.7. The van der Waals surface area contributed by atoms with E-state index in [0.717, 1.165) is 17.5 Å². The van der Waals surface area contributed by atoms with Crippen LogP contribution in [0.3, 0.4) is 0 Å². The van der Waals surface area contributed by atoms with Gasteiger partial charge in [0.05, 0.1) is 23.4 Å². The third-order valence-corrected chi connectivity index (χ3v) is 6.67. The largest absolute Gasteiger partial charge is 0.491 e. The summed E-state index contributed by atoms with van der Waals surface area (Å²) in [4.78, 5) is 6.43. The first-order chi connectivity index (χ1) is 17.6. The Labute approximate surface area is 222 Å². The summed E-state index contributed by atoms with van der Waals surface area (Å²) in [5.74, 6) is 0.223. The lowest BCUT2D eigenvalue weighted by Gasteiger charge is -2.27. The van der Waals surface area contributed by atoms with E-state index in [1.807, 2.05) is 38.1 Å². The highest BCUT2D eigenvalue weighted by atomic mass is 35.5. The van der Waals surface area contributed by atoms with Gasteiger partial charge in [0.2, 0.25) is 0 Å². The summed E-state index contributed by atoms with van der Waals surface area (Å²) < 4.78 is 46.7. The number of aliphatic hydroxyl groups is 1. The number of aromatic nitrogens is 3. The van der Waals surface area contributed by atoms with Gasteiger partial charge >= 0.3 is 6.18 Å². The maximum absolute atomic E-state index is 13.6. The number of aryl methyl sites for hydroxylation is 1. The highest BCUT2D eigenvalue weighted by Crippen LogP contribution is 2.49. The van der Waals surface area contributed by atoms with Gasteiger partial charge < -0.3 is 14.7 Å². The molecular weight excluding hydrogens is 528 g/mol. The highest BCUT2D eigenvalue weighted by Gasteiger charge is 2.37. The van der Waals surface area contributed by atoms with Gasteiger partial charge in [-0.15, -0.1) is 0 Å². The molecule has 0 saturated carbocycles. The molecular formula is C26H25Cl2F3N4O2. The Balaban J connectivity index is 2.15. The van der Waals surface area contributed by atoms with Gasteiger partial charge in [0, 0.05) is 58.3 Å². The molecule has 2 aromatic carbocycles. The van der Waals surface area contributed by atoms with Gasteiger partial charge in [0.25, 0.3) is 0 Å². The second-order valence-electron chi connectivity index (χ2n) is 8.59. The highest BCUT2D eigenvalue weighted by molar-refractivity contribution is 6.36. The molecule has 0 aliphatic carbocycles. The first-order valence-electron chi connectivity index (χ1n) is 11.5. The molecule has 196 valence electrons. The minimum Gasteiger partial charge on any atom is -0.491 e. The van der Waals surface area contributed by atoms with Crippen molar-refractivity contribution in [2.75, 3.05) is 32.2 Å². The van der Waals surface area contributed by atoms with E-state index >= 15 is 0 Å². The summed E-state index contributed by atoms with van der Waals surface area (Å²) in [6.07, 6.45) is -2.48. The molecule has 2 N–H and O–H groups in total. The molecule has 0 spiro atoms. The molecule has 37 heavy (non-hydrogen) atoms. The van der Waals surface area contributed by atoms with E-state index in [-0.39, 0.29) is 28.8 Å². The molecule has 0 saturated heterocycles. The van der Waals surface area contributed by atoms with Crippen LogP contribution in [-0.2, 0) is 12.6 Å². The summed E-state index contributed by atoms with van der Waals surface area (Å²) in [6.45, 7) is 1.69. The number of H-pyrrole nitrogens is 1. The SMILES string of the molecule is CCc1n[nH]c(N(C)C)c1C(c1c(Cl)cc(C(F)(F)F)cc1Cl)c1c(OCCO)ccc2cccnc12. The molecule has 2 heterocycles. The minimum atomic E-state index is -4.63. The lowest BCUT2D eigenvalue weighted by Crippen LogP contribution is -2.17. The Kier molecular flexibility index (Phi) is 7.87. The summed E-state index contributed by atoms with van der Waals surface area (Å²) in [5, 5.41) is 17.5. The van der Waals surface area contributed by atoms with Crippen LogP contribution in [0.1, 0.15) is 40.8 Å². The van der Waals surface area contributed by atoms with Crippen LogP contribution in [0.5, 0.6) is 5.75 Å². The van der Waals surface area contributed by atoms with Crippen LogP contribution in [0.2, 0.25) is 10.0 Å². The first kappa shape index (κ1) is 27.0. The monoisotopic (exact) mass is 552 g/mol. The van der Waals surface area contributed by atoms with Gasteiger partial charge in [-0.2, -0.15) is 18.3 Å². The van der Waals surface area contributed by atoms with Crippen LogP contribution < -0.4 is 9.64 Å². The van der Waals surface area contributed by atoms with E-state index < -0.39 is 17.7 Å². The molecule has 11 heteroatoms. The Hall–Kier alpha value is -3.01. The number of halogens is 5. The van der Waals surface area contributed by atoms with E-state index in [2.05, 4.69) is 15.2 Å². The second-order valence-corrected chi connectivity index (χ2v) is 9.40. The van der Waals surface area contributed by atoms with Gasteiger partial charge in [-0.1, -0.05) is 36.2 Å². The number of hydrogen-bond acceptors (Lipinski definition) is 5. The van der Waals surface area contributed by atoms with E-state index in [0.29, 0.717) is 40.3 Å². The Bertz CT molecular complexity index is 1400. The first-order valence-corrected chi connectivity index (χ1v) is 12.3. The molecule has 2 aromatic heterocycles. The Morgan fingerprint density at radius 3 is 2.38 bits per heavy atom. The van der Waals surface area contributed by atoms with Crippen LogP contribution in [0, 0.1) is 0 Å². The standard InChI is InChI=1S/C26H25Cl2F3N4O2/c1-4-18-21(25(34-33-18)35(2)3)23(20-16(27)12-15(13-17(20)28)26(29,30)31)22-19(37-11-10-36)8-7-14-6-5-9-32-24(14)22/h5-9,12-13,23,36H,4,10-11H2,1-3H3,(H,33,34). The number of alkyl halides is 3. The number of nitrogens with one attached hydrogen (secondary N) is 1. The molecule has 1 atom stereocenters. The maximum atomic E-state index is 13.6. The van der Waals surface area contributed by atoms with E-state index in [9.17, 15) is 18.3 Å². The predicted octanol–water partition coefficient (Wildman–Crippen LogP) is 6.46. The van der Waals surface area contributed by atoms with Gasteiger partial charge in [0.15, 0.2) is 0 Å². The van der Waals surface area contributed by atoms with Crippen LogP contribution in [-0.4, -0.2) is 47.6 Å². The number of rotatable bonds is 8. The van der Waals surface area contributed by atoms with Crippen molar-refractivity contribution < 1.29 is 23.0 Å². The zero-order valence-electron chi connectivity index (χ0n) is 20.3. The topological polar surface area (TPSA) is 74.3 Å². The number of pyridine rings is 1. The average molecular weight is 553 g/mol. The quantitative estimate of drug-likeness (QED) is 0.262. The Morgan fingerprint density at radius 2 is 1.78 bits per heavy atom. The van der Waals surface area contributed by atoms with Gasteiger partial charge in [0.1, 0.15) is 18.2 Å². The third kappa shape index (κ3) is 5.21. The molecule has 0 fully saturated rings. The van der Waals surface area contributed by atoms with E-state index in [1.54, 1.807) is 18.3 Å². The molecule has 4 rings (SSSR count). The van der Waals surface area contributed by atoms with Gasteiger partial charge in [-0.25, -0.2) is 0 Å². The second kappa shape index (κ2) is 10.8. The maximum Gasteiger partial charge on any atom is 0.416 e. The number of ether oxygens (including phenoxy) is 1. The lowest BCUT2D eigenvalue weighted by atomic mass is 9.82. The summed E-state index contributed by atoms with van der Waals surface area (Å²) >= 11 is 13.2. The predicted molar refractivity (Wildman–Crippen MR) is 139 cm³/mol. The zero-order chi connectivity index (χ0) is 26.9. The number of fused-ring (bicyclic) bond motifs is 1. The minimum absolute atomic E-state index is 0.000897. The van der Waals surface area contributed by atoms with Crippen molar-refractivity contribution in [1.29, 1.82) is 0 Å². The number of anilines is 1. The van der Waals surface area contributed by atoms with Crippen molar-refractivity contribution >= 4 is 39.9 Å². The summed E-state index contributed by atoms with van der Waals surface area (Å²) in [6, 6.07) is 8.99. The van der Waals surface area contributed by atoms with Crippen molar-refractivity contribution in [3.63, 3.8) is 0 Å². The molecule has 0 aliphatic rings. The average Bonchev–Trinajstić information content (AvgIpc) is 3.28. The Morgan fingerprint density at radius 1 is 1.08 bits per heavy atom. The van der Waals surface area contributed by atoms with Crippen molar-refractivity contribution in [2.24, 2.45) is 0 Å². The van der Waals surface area contributed by atoms with Crippen molar-refractivity contribution in [3.05, 3.63) is 80.6 Å². The summed E-state index contributed by atoms with van der Waals surface area (Å²) in [7, 11) is 3.65. The molecule has 0 radical (unpaired) electrons. The van der Waals surface area contributed by atoms with Gasteiger partial charge in [-0.05, 0) is 36.8 Å².